The molecule has 11 heteroatoms. The number of likely N-dealkylation sites (tertiary alicyclic amines) is 1. The number of carbonyl (C=O) groups excluding carboxylic acids is 3. The molecule has 3 aliphatic rings. The lowest BCUT2D eigenvalue weighted by molar-refractivity contribution is -0.133. The maximum absolute atomic E-state index is 14.0. The SMILES string of the molecule is CC(C)(C)NC(=O)[C@@H]1C[C@@H]2CCCC[C@@H]2CN1C[C@@H](O)[C@H](Cc1ccccc1)NC(=O)[C@@H](NC(=O)C1CC1)C(C)(C)S(C)(=O)=O. The molecule has 3 fully saturated rings. The molecule has 0 spiro atoms. The van der Waals surface area contributed by atoms with Gasteiger partial charge in [-0.05, 0) is 84.1 Å². The van der Waals surface area contributed by atoms with Crippen LogP contribution in [0.25, 0.3) is 0 Å². The fourth-order valence-electron chi connectivity index (χ4n) is 6.79. The molecule has 6 atom stereocenters. The zero-order valence-corrected chi connectivity index (χ0v) is 28.7. The Hall–Kier alpha value is -2.50. The van der Waals surface area contributed by atoms with Gasteiger partial charge in [-0.3, -0.25) is 19.3 Å². The van der Waals surface area contributed by atoms with Gasteiger partial charge in [0.1, 0.15) is 6.04 Å². The molecular formula is C34H54N4O6S. The second-order valence-electron chi connectivity index (χ2n) is 15.2. The number of fused-ring (bicyclic) bond motifs is 1. The van der Waals surface area contributed by atoms with Crippen molar-refractivity contribution in [2.45, 2.75) is 121 Å². The van der Waals surface area contributed by atoms with E-state index in [1.165, 1.54) is 20.3 Å². The van der Waals surface area contributed by atoms with Crippen LogP contribution >= 0.6 is 0 Å². The molecule has 0 aromatic heterocycles. The van der Waals surface area contributed by atoms with Crippen LogP contribution in [0, 0.1) is 17.8 Å². The standard InChI is InChI=1S/C34H54N4O6S/c1-33(2,3)37-31(41)27-19-24-14-10-11-15-25(24)20-38(27)21-28(39)26(18-22-12-8-7-9-13-22)35-32(42)29(34(4,5)45(6,43)44)36-30(40)23-16-17-23/h7-9,12-13,23-29,39H,10-11,14-21H2,1-6H3,(H,35,42)(H,36,40)(H,37,41)/t24-,25+,26-,27-,28+,29+/m0/s1. The topological polar surface area (TPSA) is 145 Å². The molecule has 2 aliphatic carbocycles. The number of rotatable bonds is 12. The monoisotopic (exact) mass is 646 g/mol. The number of carbonyl (C=O) groups is 3. The van der Waals surface area contributed by atoms with Gasteiger partial charge >= 0.3 is 0 Å². The molecule has 1 aliphatic heterocycles. The van der Waals surface area contributed by atoms with E-state index in [0.29, 0.717) is 31.2 Å². The Morgan fingerprint density at radius 3 is 2.13 bits per heavy atom. The zero-order chi connectivity index (χ0) is 33.2. The fraction of sp³-hybridized carbons (Fsp3) is 0.735. The molecule has 1 aromatic rings. The van der Waals surface area contributed by atoms with E-state index in [4.69, 9.17) is 0 Å². The van der Waals surface area contributed by atoms with Gasteiger partial charge in [-0.25, -0.2) is 8.42 Å². The van der Waals surface area contributed by atoms with Crippen molar-refractivity contribution in [3.05, 3.63) is 35.9 Å². The Bertz CT molecular complexity index is 1310. The highest BCUT2D eigenvalue weighted by atomic mass is 32.2. The number of piperidine rings is 1. The van der Waals surface area contributed by atoms with Crippen molar-refractivity contribution < 1.29 is 27.9 Å². The van der Waals surface area contributed by atoms with E-state index >= 15 is 0 Å². The summed E-state index contributed by atoms with van der Waals surface area (Å²) in [5.74, 6) is -0.357. The molecule has 10 nitrogen and oxygen atoms in total. The number of aliphatic hydroxyl groups is 1. The number of amides is 3. The van der Waals surface area contributed by atoms with Gasteiger partial charge in [0.2, 0.25) is 17.7 Å². The minimum Gasteiger partial charge on any atom is -0.390 e. The van der Waals surface area contributed by atoms with Gasteiger partial charge in [0.25, 0.3) is 0 Å². The van der Waals surface area contributed by atoms with Gasteiger partial charge in [-0.2, -0.15) is 0 Å². The van der Waals surface area contributed by atoms with E-state index in [1.807, 2.05) is 51.1 Å². The molecule has 1 heterocycles. The lowest BCUT2D eigenvalue weighted by Gasteiger charge is -2.47. The number of hydrogen-bond acceptors (Lipinski definition) is 7. The Labute approximate surface area is 269 Å². The molecule has 4 rings (SSSR count). The fourth-order valence-corrected chi connectivity index (χ4v) is 7.38. The summed E-state index contributed by atoms with van der Waals surface area (Å²) in [4.78, 5) is 42.4. The van der Waals surface area contributed by atoms with Crippen molar-refractivity contribution in [1.29, 1.82) is 0 Å². The van der Waals surface area contributed by atoms with Crippen LogP contribution in [0.5, 0.6) is 0 Å². The van der Waals surface area contributed by atoms with Gasteiger partial charge in [0, 0.05) is 30.8 Å². The summed E-state index contributed by atoms with van der Waals surface area (Å²) in [6.45, 7) is 9.60. The highest BCUT2D eigenvalue weighted by molar-refractivity contribution is 7.92. The molecule has 252 valence electrons. The number of nitrogens with zero attached hydrogens (tertiary/aromatic N) is 1. The first-order valence-electron chi connectivity index (χ1n) is 16.5. The first-order valence-corrected chi connectivity index (χ1v) is 18.4. The van der Waals surface area contributed by atoms with Gasteiger partial charge in [-0.15, -0.1) is 0 Å². The van der Waals surface area contributed by atoms with Gasteiger partial charge in [-0.1, -0.05) is 49.6 Å². The summed E-state index contributed by atoms with van der Waals surface area (Å²) in [5.41, 5.74) is 0.483. The Morgan fingerprint density at radius 2 is 1.56 bits per heavy atom. The quantitative estimate of drug-likeness (QED) is 0.273. The van der Waals surface area contributed by atoms with Crippen molar-refractivity contribution >= 4 is 27.6 Å². The minimum absolute atomic E-state index is 0.0554. The van der Waals surface area contributed by atoms with E-state index in [9.17, 15) is 27.9 Å². The number of hydrogen-bond donors (Lipinski definition) is 4. The molecule has 4 N–H and O–H groups in total. The summed E-state index contributed by atoms with van der Waals surface area (Å²) in [7, 11) is -3.77. The third-order valence-electron chi connectivity index (χ3n) is 9.96. The maximum atomic E-state index is 14.0. The third kappa shape index (κ3) is 9.29. The largest absolute Gasteiger partial charge is 0.390 e. The Balaban J connectivity index is 1.60. The molecule has 2 saturated carbocycles. The van der Waals surface area contributed by atoms with Crippen molar-refractivity contribution in [1.82, 2.24) is 20.9 Å². The average molecular weight is 647 g/mol. The molecule has 45 heavy (non-hydrogen) atoms. The second kappa shape index (κ2) is 14.1. The predicted molar refractivity (Wildman–Crippen MR) is 175 cm³/mol. The van der Waals surface area contributed by atoms with Crippen molar-refractivity contribution in [3.8, 4) is 0 Å². The maximum Gasteiger partial charge on any atom is 0.244 e. The van der Waals surface area contributed by atoms with Crippen LogP contribution in [-0.2, 0) is 30.6 Å². The summed E-state index contributed by atoms with van der Waals surface area (Å²) >= 11 is 0. The third-order valence-corrected chi connectivity index (χ3v) is 12.1. The first kappa shape index (κ1) is 35.4. The van der Waals surface area contributed by atoms with Crippen molar-refractivity contribution in [2.24, 2.45) is 17.8 Å². The molecular weight excluding hydrogens is 592 g/mol. The highest BCUT2D eigenvalue weighted by Crippen LogP contribution is 2.39. The zero-order valence-electron chi connectivity index (χ0n) is 27.8. The summed E-state index contributed by atoms with van der Waals surface area (Å²) in [5, 5.41) is 20.6. The summed E-state index contributed by atoms with van der Waals surface area (Å²) < 4.78 is 24.1. The lowest BCUT2D eigenvalue weighted by atomic mass is 9.72. The Morgan fingerprint density at radius 1 is 0.933 bits per heavy atom. The number of aliphatic hydroxyl groups excluding tert-OH is 1. The molecule has 1 saturated heterocycles. The van der Waals surface area contributed by atoms with E-state index in [-0.39, 0.29) is 30.7 Å². The van der Waals surface area contributed by atoms with Crippen LogP contribution in [0.3, 0.4) is 0 Å². The minimum atomic E-state index is -3.77. The molecule has 0 bridgehead atoms. The van der Waals surface area contributed by atoms with Crippen LogP contribution in [-0.4, -0.2) is 90.0 Å². The first-order chi connectivity index (χ1) is 21.0. The number of nitrogens with one attached hydrogen (secondary N) is 3. The van der Waals surface area contributed by atoms with Crippen LogP contribution in [0.4, 0.5) is 0 Å². The number of sulfone groups is 1. The average Bonchev–Trinajstić information content (AvgIpc) is 3.80. The number of β-amino-alcohol motifs (C(OH)–C–C–N with tert-alkyl or cyclic N) is 1. The Kier molecular flexibility index (Phi) is 11.1. The van der Waals surface area contributed by atoms with Gasteiger partial charge < -0.3 is 21.1 Å². The van der Waals surface area contributed by atoms with E-state index in [2.05, 4.69) is 20.9 Å². The van der Waals surface area contributed by atoms with Crippen LogP contribution < -0.4 is 16.0 Å². The second-order valence-corrected chi connectivity index (χ2v) is 17.8. The number of benzene rings is 1. The lowest BCUT2D eigenvalue weighted by Crippen LogP contribution is -2.64. The highest BCUT2D eigenvalue weighted by Gasteiger charge is 2.47. The van der Waals surface area contributed by atoms with E-state index < -0.39 is 50.3 Å². The van der Waals surface area contributed by atoms with Crippen LogP contribution in [0.2, 0.25) is 0 Å². The normalized spacial score (nSPS) is 24.9. The smallest absolute Gasteiger partial charge is 0.244 e. The van der Waals surface area contributed by atoms with Gasteiger partial charge in [0.15, 0.2) is 9.84 Å². The molecule has 1 aromatic carbocycles. The van der Waals surface area contributed by atoms with Crippen LogP contribution in [0.15, 0.2) is 30.3 Å². The van der Waals surface area contributed by atoms with E-state index in [1.54, 1.807) is 0 Å². The summed E-state index contributed by atoms with van der Waals surface area (Å²) in [6.07, 6.45) is 6.95. The van der Waals surface area contributed by atoms with Crippen LogP contribution in [0.1, 0.15) is 85.1 Å². The molecule has 3 amide bonds. The van der Waals surface area contributed by atoms with E-state index in [0.717, 1.165) is 37.5 Å². The summed E-state index contributed by atoms with van der Waals surface area (Å²) in [6, 6.07) is 6.91. The molecule has 0 unspecified atom stereocenters. The van der Waals surface area contributed by atoms with Crippen molar-refractivity contribution in [2.75, 3.05) is 19.3 Å². The van der Waals surface area contributed by atoms with Gasteiger partial charge in [0.05, 0.1) is 22.9 Å². The predicted octanol–water partition coefficient (Wildman–Crippen LogP) is 2.59. The molecule has 0 radical (unpaired) electrons. The van der Waals surface area contributed by atoms with Crippen molar-refractivity contribution in [3.63, 3.8) is 0 Å².